The maximum absolute atomic E-state index is 12.3. The van der Waals surface area contributed by atoms with Crippen LogP contribution >= 0.6 is 0 Å². The van der Waals surface area contributed by atoms with E-state index in [1.165, 1.54) is 5.56 Å². The van der Waals surface area contributed by atoms with E-state index < -0.39 is 0 Å². The van der Waals surface area contributed by atoms with Crippen LogP contribution in [0.4, 0.5) is 0 Å². The first kappa shape index (κ1) is 12.1. The van der Waals surface area contributed by atoms with E-state index >= 15 is 0 Å². The minimum absolute atomic E-state index is 0.154. The monoisotopic (exact) mass is 232 g/mol. The van der Waals surface area contributed by atoms with Gasteiger partial charge in [-0.1, -0.05) is 17.7 Å². The molecule has 92 valence electrons. The van der Waals surface area contributed by atoms with Crippen molar-refractivity contribution < 1.29 is 4.79 Å². The molecule has 3 heteroatoms. The Morgan fingerprint density at radius 3 is 2.53 bits per heavy atom. The Morgan fingerprint density at radius 2 is 2.00 bits per heavy atom. The maximum Gasteiger partial charge on any atom is 0.254 e. The van der Waals surface area contributed by atoms with Crippen LogP contribution in [0, 0.1) is 6.92 Å². The smallest absolute Gasteiger partial charge is 0.254 e. The van der Waals surface area contributed by atoms with Crippen molar-refractivity contribution in [2.24, 2.45) is 5.73 Å². The van der Waals surface area contributed by atoms with Gasteiger partial charge in [0.15, 0.2) is 0 Å². The first-order valence-corrected chi connectivity index (χ1v) is 6.30. The van der Waals surface area contributed by atoms with Crippen LogP contribution in [0.5, 0.6) is 0 Å². The van der Waals surface area contributed by atoms with Crippen LogP contribution in [0.2, 0.25) is 0 Å². The van der Waals surface area contributed by atoms with Crippen LogP contribution in [0.15, 0.2) is 24.3 Å². The molecular weight excluding hydrogens is 212 g/mol. The highest BCUT2D eigenvalue weighted by molar-refractivity contribution is 5.94. The lowest BCUT2D eigenvalue weighted by Crippen LogP contribution is -2.34. The Morgan fingerprint density at radius 1 is 1.35 bits per heavy atom. The molecule has 1 saturated carbocycles. The first-order chi connectivity index (χ1) is 8.22. The van der Waals surface area contributed by atoms with E-state index in [4.69, 9.17) is 5.73 Å². The number of aryl methyl sites for hydroxylation is 1. The minimum atomic E-state index is 0.154. The fourth-order valence-electron chi connectivity index (χ4n) is 1.96. The van der Waals surface area contributed by atoms with E-state index in [0.29, 0.717) is 12.6 Å². The zero-order valence-corrected chi connectivity index (χ0v) is 10.4. The third-order valence-electron chi connectivity index (χ3n) is 3.15. The minimum Gasteiger partial charge on any atom is -0.336 e. The molecule has 0 bridgehead atoms. The van der Waals surface area contributed by atoms with Crippen molar-refractivity contribution in [3.05, 3.63) is 35.4 Å². The number of hydrogen-bond donors (Lipinski definition) is 1. The second kappa shape index (κ2) is 5.32. The highest BCUT2D eigenvalue weighted by Crippen LogP contribution is 2.28. The number of nitrogens with zero attached hydrogens (tertiary/aromatic N) is 1. The number of benzene rings is 1. The third kappa shape index (κ3) is 3.07. The summed E-state index contributed by atoms with van der Waals surface area (Å²) in [7, 11) is 0. The van der Waals surface area contributed by atoms with Crippen LogP contribution in [-0.2, 0) is 0 Å². The van der Waals surface area contributed by atoms with Gasteiger partial charge in [-0.3, -0.25) is 4.79 Å². The van der Waals surface area contributed by atoms with Crippen LogP contribution in [-0.4, -0.2) is 29.9 Å². The lowest BCUT2D eigenvalue weighted by molar-refractivity contribution is 0.0742. The van der Waals surface area contributed by atoms with Gasteiger partial charge < -0.3 is 10.6 Å². The number of rotatable bonds is 5. The number of nitrogens with two attached hydrogens (primary N) is 1. The van der Waals surface area contributed by atoms with E-state index in [-0.39, 0.29) is 5.91 Å². The summed E-state index contributed by atoms with van der Waals surface area (Å²) in [5.74, 6) is 0.154. The van der Waals surface area contributed by atoms with Crippen molar-refractivity contribution in [1.82, 2.24) is 4.90 Å². The summed E-state index contributed by atoms with van der Waals surface area (Å²) in [6, 6.07) is 8.25. The van der Waals surface area contributed by atoms with Gasteiger partial charge in [0.2, 0.25) is 0 Å². The van der Waals surface area contributed by atoms with Crippen LogP contribution in [0.25, 0.3) is 0 Å². The van der Waals surface area contributed by atoms with Gasteiger partial charge in [-0.05, 0) is 44.9 Å². The molecule has 0 atom stereocenters. The Bertz CT molecular complexity index is 382. The average molecular weight is 232 g/mol. The number of hydrogen-bond acceptors (Lipinski definition) is 2. The maximum atomic E-state index is 12.3. The predicted molar refractivity (Wildman–Crippen MR) is 68.9 cm³/mol. The van der Waals surface area contributed by atoms with Gasteiger partial charge >= 0.3 is 0 Å². The summed E-state index contributed by atoms with van der Waals surface area (Å²) in [5, 5.41) is 0. The summed E-state index contributed by atoms with van der Waals surface area (Å²) in [5.41, 5.74) is 7.49. The molecule has 1 aliphatic carbocycles. The zero-order valence-electron chi connectivity index (χ0n) is 10.4. The Balaban J connectivity index is 2.07. The lowest BCUT2D eigenvalue weighted by Gasteiger charge is -2.22. The van der Waals surface area contributed by atoms with Crippen molar-refractivity contribution in [3.8, 4) is 0 Å². The molecule has 0 aliphatic heterocycles. The Kier molecular flexibility index (Phi) is 3.79. The highest BCUT2D eigenvalue weighted by atomic mass is 16.2. The van der Waals surface area contributed by atoms with Crippen molar-refractivity contribution in [3.63, 3.8) is 0 Å². The fourth-order valence-corrected chi connectivity index (χ4v) is 1.96. The normalized spacial score (nSPS) is 14.7. The third-order valence-corrected chi connectivity index (χ3v) is 3.15. The van der Waals surface area contributed by atoms with E-state index in [2.05, 4.69) is 0 Å². The molecule has 0 unspecified atom stereocenters. The summed E-state index contributed by atoms with van der Waals surface area (Å²) in [4.78, 5) is 14.3. The molecule has 0 heterocycles. The topological polar surface area (TPSA) is 46.3 Å². The second-order valence-corrected chi connectivity index (χ2v) is 4.74. The molecule has 1 aromatic rings. The van der Waals surface area contributed by atoms with Gasteiger partial charge in [0.25, 0.3) is 5.91 Å². The van der Waals surface area contributed by atoms with Gasteiger partial charge in [-0.2, -0.15) is 0 Å². The molecule has 0 radical (unpaired) electrons. The standard InChI is InChI=1S/C14H20N2O/c1-11-3-5-12(6-4-11)14(17)16(10-2-9-15)13-7-8-13/h3-6,13H,2,7-10,15H2,1H3. The van der Waals surface area contributed by atoms with Crippen molar-refractivity contribution in [2.45, 2.75) is 32.2 Å². The molecule has 1 aromatic carbocycles. The second-order valence-electron chi connectivity index (χ2n) is 4.74. The van der Waals surface area contributed by atoms with Crippen LogP contribution in [0.3, 0.4) is 0 Å². The van der Waals surface area contributed by atoms with Gasteiger partial charge in [0.05, 0.1) is 0 Å². The van der Waals surface area contributed by atoms with Crippen LogP contribution < -0.4 is 5.73 Å². The van der Waals surface area contributed by atoms with E-state index in [9.17, 15) is 4.79 Å². The molecular formula is C14H20N2O. The highest BCUT2D eigenvalue weighted by Gasteiger charge is 2.32. The molecule has 3 nitrogen and oxygen atoms in total. The van der Waals surface area contributed by atoms with E-state index in [1.54, 1.807) is 0 Å². The van der Waals surface area contributed by atoms with Crippen molar-refractivity contribution in [2.75, 3.05) is 13.1 Å². The summed E-state index contributed by atoms with van der Waals surface area (Å²) in [6.07, 6.45) is 3.17. The van der Waals surface area contributed by atoms with Crippen molar-refractivity contribution >= 4 is 5.91 Å². The SMILES string of the molecule is Cc1ccc(C(=O)N(CCCN)C2CC2)cc1. The number of carbonyl (C=O) groups excluding carboxylic acids is 1. The lowest BCUT2D eigenvalue weighted by atomic mass is 10.1. The molecule has 0 saturated heterocycles. The van der Waals surface area contributed by atoms with Crippen molar-refractivity contribution in [1.29, 1.82) is 0 Å². The molecule has 2 rings (SSSR count). The van der Waals surface area contributed by atoms with E-state index in [1.807, 2.05) is 36.1 Å². The Hall–Kier alpha value is -1.35. The molecule has 1 fully saturated rings. The first-order valence-electron chi connectivity index (χ1n) is 6.30. The predicted octanol–water partition coefficient (Wildman–Crippen LogP) is 1.95. The molecule has 1 aliphatic rings. The summed E-state index contributed by atoms with van der Waals surface area (Å²) >= 11 is 0. The van der Waals surface area contributed by atoms with Gasteiger partial charge in [-0.25, -0.2) is 0 Å². The number of amides is 1. The molecule has 17 heavy (non-hydrogen) atoms. The van der Waals surface area contributed by atoms with E-state index in [0.717, 1.165) is 31.4 Å². The van der Waals surface area contributed by atoms with Crippen LogP contribution in [0.1, 0.15) is 35.2 Å². The summed E-state index contributed by atoms with van der Waals surface area (Å²) in [6.45, 7) is 3.46. The number of carbonyl (C=O) groups is 1. The quantitative estimate of drug-likeness (QED) is 0.843. The largest absolute Gasteiger partial charge is 0.336 e. The van der Waals surface area contributed by atoms with Gasteiger partial charge in [-0.15, -0.1) is 0 Å². The van der Waals surface area contributed by atoms with Gasteiger partial charge in [0, 0.05) is 18.2 Å². The fraction of sp³-hybridized carbons (Fsp3) is 0.500. The average Bonchev–Trinajstić information content (AvgIpc) is 3.14. The molecule has 1 amide bonds. The van der Waals surface area contributed by atoms with Gasteiger partial charge in [0.1, 0.15) is 0 Å². The summed E-state index contributed by atoms with van der Waals surface area (Å²) < 4.78 is 0. The Labute approximate surface area is 103 Å². The molecule has 0 spiro atoms. The molecule has 2 N–H and O–H groups in total. The zero-order chi connectivity index (χ0) is 12.3. The molecule has 0 aromatic heterocycles.